The molecule has 0 spiro atoms. The molecule has 0 saturated carbocycles. The monoisotopic (exact) mass is 277 g/mol. The second-order valence-corrected chi connectivity index (χ2v) is 3.90. The Balaban J connectivity index is 2.37. The first-order valence-electron chi connectivity index (χ1n) is 5.10. The first-order valence-corrected chi connectivity index (χ1v) is 5.85. The summed E-state index contributed by atoms with van der Waals surface area (Å²) in [7, 11) is 0. The summed E-state index contributed by atoms with van der Waals surface area (Å²) in [5.41, 5.74) is 0.529. The van der Waals surface area contributed by atoms with Gasteiger partial charge in [0, 0.05) is 12.3 Å². The molecule has 4 nitrogen and oxygen atoms in total. The molecule has 1 aromatic rings. The van der Waals surface area contributed by atoms with E-state index in [1.54, 1.807) is 18.2 Å². The molecule has 0 saturated heterocycles. The highest BCUT2D eigenvalue weighted by atomic mass is 35.5. The lowest BCUT2D eigenvalue weighted by Gasteiger charge is -2.07. The van der Waals surface area contributed by atoms with E-state index in [1.807, 2.05) is 6.92 Å². The van der Waals surface area contributed by atoms with Gasteiger partial charge in [0.05, 0.1) is 16.7 Å². The number of halogens is 2. The van der Waals surface area contributed by atoms with Crippen LogP contribution >= 0.6 is 23.2 Å². The zero-order chi connectivity index (χ0) is 12.7. The average Bonchev–Trinajstić information content (AvgIpc) is 2.30. The van der Waals surface area contributed by atoms with Gasteiger partial charge in [-0.25, -0.2) is 4.79 Å². The van der Waals surface area contributed by atoms with Gasteiger partial charge in [0.25, 0.3) is 0 Å². The van der Waals surface area contributed by atoms with Crippen molar-refractivity contribution in [3.63, 3.8) is 0 Å². The average molecular weight is 278 g/mol. The number of ether oxygens (including phenoxy) is 2. The minimum Gasteiger partial charge on any atom is -0.447 e. The van der Waals surface area contributed by atoms with Crippen molar-refractivity contribution in [1.82, 2.24) is 0 Å². The lowest BCUT2D eigenvalue weighted by Crippen LogP contribution is -2.16. The van der Waals surface area contributed by atoms with Gasteiger partial charge in [0.15, 0.2) is 0 Å². The van der Waals surface area contributed by atoms with Crippen molar-refractivity contribution in [2.75, 3.05) is 25.1 Å². The number of hydrogen-bond donors (Lipinski definition) is 1. The highest BCUT2D eigenvalue weighted by molar-refractivity contribution is 6.42. The van der Waals surface area contributed by atoms with Crippen molar-refractivity contribution >= 4 is 35.0 Å². The molecule has 0 atom stereocenters. The normalized spacial score (nSPS) is 10.1. The number of amides is 1. The summed E-state index contributed by atoms with van der Waals surface area (Å²) >= 11 is 11.5. The van der Waals surface area contributed by atoms with Crippen molar-refractivity contribution in [2.24, 2.45) is 0 Å². The molecule has 94 valence electrons. The van der Waals surface area contributed by atoms with Crippen LogP contribution in [-0.4, -0.2) is 25.9 Å². The number of hydrogen-bond acceptors (Lipinski definition) is 3. The van der Waals surface area contributed by atoms with Crippen molar-refractivity contribution < 1.29 is 14.3 Å². The third-order valence-electron chi connectivity index (χ3n) is 1.83. The van der Waals surface area contributed by atoms with Gasteiger partial charge in [-0.3, -0.25) is 5.32 Å². The molecule has 1 N–H and O–H groups in total. The van der Waals surface area contributed by atoms with E-state index >= 15 is 0 Å². The smallest absolute Gasteiger partial charge is 0.411 e. The molecule has 0 aliphatic rings. The Morgan fingerprint density at radius 3 is 2.71 bits per heavy atom. The van der Waals surface area contributed by atoms with Crippen LogP contribution < -0.4 is 5.32 Å². The molecule has 0 bridgehead atoms. The van der Waals surface area contributed by atoms with Gasteiger partial charge in [-0.15, -0.1) is 0 Å². The van der Waals surface area contributed by atoms with E-state index in [1.165, 1.54) is 0 Å². The summed E-state index contributed by atoms with van der Waals surface area (Å²) in [5, 5.41) is 3.33. The Morgan fingerprint density at radius 1 is 1.29 bits per heavy atom. The van der Waals surface area contributed by atoms with Crippen LogP contribution in [0.15, 0.2) is 18.2 Å². The zero-order valence-corrected chi connectivity index (χ0v) is 10.8. The fraction of sp³-hybridized carbons (Fsp3) is 0.364. The SMILES string of the molecule is CCOCCOC(=O)Nc1ccc(Cl)c(Cl)c1. The molecule has 0 fully saturated rings. The number of carbonyl (C=O) groups excluding carboxylic acids is 1. The molecule has 0 unspecified atom stereocenters. The standard InChI is InChI=1S/C11H13Cl2NO3/c1-2-16-5-6-17-11(15)14-8-3-4-9(12)10(13)7-8/h3-4,7H,2,5-6H2,1H3,(H,14,15). The van der Waals surface area contributed by atoms with Gasteiger partial charge in [-0.2, -0.15) is 0 Å². The maximum Gasteiger partial charge on any atom is 0.411 e. The lowest BCUT2D eigenvalue weighted by atomic mass is 10.3. The Hall–Kier alpha value is -0.970. The van der Waals surface area contributed by atoms with E-state index in [9.17, 15) is 4.79 Å². The molecule has 0 aliphatic heterocycles. The molecule has 17 heavy (non-hydrogen) atoms. The van der Waals surface area contributed by atoms with Crippen LogP contribution in [0, 0.1) is 0 Å². The van der Waals surface area contributed by atoms with Crippen LogP contribution in [0.1, 0.15) is 6.92 Å². The number of nitrogens with one attached hydrogen (secondary N) is 1. The third-order valence-corrected chi connectivity index (χ3v) is 2.57. The molecule has 1 rings (SSSR count). The first-order chi connectivity index (χ1) is 8.13. The first kappa shape index (κ1) is 14.1. The number of carbonyl (C=O) groups is 1. The Bertz CT molecular complexity index is 385. The number of benzene rings is 1. The van der Waals surface area contributed by atoms with Gasteiger partial charge >= 0.3 is 6.09 Å². The van der Waals surface area contributed by atoms with Gasteiger partial charge in [-0.1, -0.05) is 23.2 Å². The fourth-order valence-corrected chi connectivity index (χ4v) is 1.36. The van der Waals surface area contributed by atoms with Crippen molar-refractivity contribution in [3.05, 3.63) is 28.2 Å². The second-order valence-electron chi connectivity index (χ2n) is 3.09. The molecule has 1 aromatic carbocycles. The summed E-state index contributed by atoms with van der Waals surface area (Å²) < 4.78 is 9.89. The summed E-state index contributed by atoms with van der Waals surface area (Å²) in [6, 6.07) is 4.78. The number of rotatable bonds is 5. The molecule has 0 aromatic heterocycles. The van der Waals surface area contributed by atoms with E-state index in [-0.39, 0.29) is 6.61 Å². The minimum absolute atomic E-state index is 0.209. The van der Waals surface area contributed by atoms with Gasteiger partial charge < -0.3 is 9.47 Å². The minimum atomic E-state index is -0.553. The van der Waals surface area contributed by atoms with Crippen molar-refractivity contribution in [2.45, 2.75) is 6.92 Å². The molecule has 0 heterocycles. The maximum atomic E-state index is 11.3. The van der Waals surface area contributed by atoms with Crippen molar-refractivity contribution in [3.8, 4) is 0 Å². The topological polar surface area (TPSA) is 47.6 Å². The van der Waals surface area contributed by atoms with Crippen LogP contribution in [0.25, 0.3) is 0 Å². The Labute approximate surface area is 110 Å². The molecule has 0 radical (unpaired) electrons. The Kier molecular flexibility index (Phi) is 6.11. The van der Waals surface area contributed by atoms with Gasteiger partial charge in [-0.05, 0) is 25.1 Å². The van der Waals surface area contributed by atoms with Crippen LogP contribution in [0.2, 0.25) is 10.0 Å². The van der Waals surface area contributed by atoms with Crippen LogP contribution in [0.3, 0.4) is 0 Å². The predicted octanol–water partition coefficient (Wildman–Crippen LogP) is 3.58. The fourth-order valence-electron chi connectivity index (χ4n) is 1.07. The van der Waals surface area contributed by atoms with Crippen LogP contribution in [0.4, 0.5) is 10.5 Å². The Morgan fingerprint density at radius 2 is 2.06 bits per heavy atom. The summed E-state index contributed by atoms with van der Waals surface area (Å²) in [5.74, 6) is 0. The lowest BCUT2D eigenvalue weighted by molar-refractivity contribution is 0.0850. The summed E-state index contributed by atoms with van der Waals surface area (Å²) in [6.45, 7) is 3.06. The second kappa shape index (κ2) is 7.37. The van der Waals surface area contributed by atoms with Crippen molar-refractivity contribution in [1.29, 1.82) is 0 Å². The summed E-state index contributed by atoms with van der Waals surface area (Å²) in [6.07, 6.45) is -0.553. The quantitative estimate of drug-likeness (QED) is 0.837. The van der Waals surface area contributed by atoms with E-state index in [0.717, 1.165) is 0 Å². The van der Waals surface area contributed by atoms with Gasteiger partial charge in [0.1, 0.15) is 6.61 Å². The highest BCUT2D eigenvalue weighted by Gasteiger charge is 2.04. The maximum absolute atomic E-state index is 11.3. The summed E-state index contributed by atoms with van der Waals surface area (Å²) in [4.78, 5) is 11.3. The van der Waals surface area contributed by atoms with E-state index < -0.39 is 6.09 Å². The molecular formula is C11H13Cl2NO3. The van der Waals surface area contributed by atoms with Gasteiger partial charge in [0.2, 0.25) is 0 Å². The molecule has 1 amide bonds. The van der Waals surface area contributed by atoms with E-state index in [0.29, 0.717) is 28.9 Å². The largest absolute Gasteiger partial charge is 0.447 e. The zero-order valence-electron chi connectivity index (χ0n) is 9.33. The highest BCUT2D eigenvalue weighted by Crippen LogP contribution is 2.24. The number of anilines is 1. The molecule has 0 aliphatic carbocycles. The van der Waals surface area contributed by atoms with E-state index in [2.05, 4.69) is 5.32 Å². The molecule has 6 heteroatoms. The molecular weight excluding hydrogens is 265 g/mol. The van der Waals surface area contributed by atoms with Crippen LogP contribution in [0.5, 0.6) is 0 Å². The third kappa shape index (κ3) is 5.26. The predicted molar refractivity (Wildman–Crippen MR) is 67.9 cm³/mol. The van der Waals surface area contributed by atoms with E-state index in [4.69, 9.17) is 32.7 Å². The van der Waals surface area contributed by atoms with Crippen LogP contribution in [-0.2, 0) is 9.47 Å².